The summed E-state index contributed by atoms with van der Waals surface area (Å²) in [6.45, 7) is 4.89. The second kappa shape index (κ2) is 7.95. The summed E-state index contributed by atoms with van der Waals surface area (Å²) in [5, 5.41) is 6.34. The van der Waals surface area contributed by atoms with Gasteiger partial charge in [0, 0.05) is 30.2 Å². The van der Waals surface area contributed by atoms with E-state index in [9.17, 15) is 13.2 Å². The minimum Gasteiger partial charge on any atom is -0.384 e. The van der Waals surface area contributed by atoms with Crippen molar-refractivity contribution < 1.29 is 17.9 Å². The van der Waals surface area contributed by atoms with Crippen molar-refractivity contribution in [3.8, 4) is 0 Å². The Morgan fingerprint density at radius 2 is 2.08 bits per heavy atom. The Bertz CT molecular complexity index is 671. The van der Waals surface area contributed by atoms with Crippen LogP contribution in [0.4, 0.5) is 0 Å². The van der Waals surface area contributed by atoms with Crippen LogP contribution in [0, 0.1) is 12.3 Å². The molecule has 0 aliphatic carbocycles. The van der Waals surface area contributed by atoms with Gasteiger partial charge in [0.1, 0.15) is 0 Å². The van der Waals surface area contributed by atoms with Crippen molar-refractivity contribution in [3.05, 3.63) is 21.4 Å². The smallest absolute Gasteiger partial charge is 0.261 e. The monoisotopic (exact) mass is 374 g/mol. The zero-order chi connectivity index (χ0) is 17.8. The van der Waals surface area contributed by atoms with E-state index in [0.29, 0.717) is 23.6 Å². The number of hydrogen-bond donors (Lipinski definition) is 2. The first-order valence-corrected chi connectivity index (χ1v) is 10.9. The fourth-order valence-corrected chi connectivity index (χ4v) is 4.96. The van der Waals surface area contributed by atoms with Gasteiger partial charge in [0.25, 0.3) is 5.91 Å². The van der Waals surface area contributed by atoms with Crippen LogP contribution in [0.3, 0.4) is 0 Å². The molecule has 8 heteroatoms. The molecule has 24 heavy (non-hydrogen) atoms. The molecule has 1 aliphatic heterocycles. The zero-order valence-electron chi connectivity index (χ0n) is 14.5. The number of carbonyl (C=O) groups is 1. The maximum absolute atomic E-state index is 12.5. The number of piperidine rings is 1. The number of nitrogens with one attached hydrogen (secondary N) is 2. The topological polar surface area (TPSA) is 84.5 Å². The molecule has 0 aromatic carbocycles. The van der Waals surface area contributed by atoms with Gasteiger partial charge in [0.2, 0.25) is 0 Å². The molecule has 1 fully saturated rings. The van der Waals surface area contributed by atoms with Crippen LogP contribution in [0.2, 0.25) is 0 Å². The van der Waals surface area contributed by atoms with Gasteiger partial charge in [0.05, 0.1) is 17.2 Å². The number of amides is 1. The Morgan fingerprint density at radius 1 is 1.42 bits per heavy atom. The second-order valence-electron chi connectivity index (χ2n) is 6.63. The Hall–Kier alpha value is -0.960. The fourth-order valence-electron chi connectivity index (χ4n) is 3.05. The van der Waals surface area contributed by atoms with Crippen molar-refractivity contribution in [2.24, 2.45) is 5.41 Å². The fraction of sp³-hybridized carbons (Fsp3) is 0.688. The molecule has 1 aromatic rings. The van der Waals surface area contributed by atoms with Crippen LogP contribution >= 0.6 is 11.3 Å². The van der Waals surface area contributed by atoms with Gasteiger partial charge in [-0.1, -0.05) is 0 Å². The van der Waals surface area contributed by atoms with E-state index in [1.54, 1.807) is 13.2 Å². The van der Waals surface area contributed by atoms with Gasteiger partial charge in [-0.15, -0.1) is 11.3 Å². The van der Waals surface area contributed by atoms with Gasteiger partial charge in [-0.05, 0) is 44.5 Å². The SMILES string of the molecule is COCC1(CNC(=O)c2cc(CS(C)(=O)=O)c(C)s2)CCNCC1. The summed E-state index contributed by atoms with van der Waals surface area (Å²) in [5.41, 5.74) is 0.679. The number of sulfone groups is 1. The van der Waals surface area contributed by atoms with Gasteiger partial charge in [-0.3, -0.25) is 4.79 Å². The highest BCUT2D eigenvalue weighted by atomic mass is 32.2. The first kappa shape index (κ1) is 19.4. The molecule has 0 spiro atoms. The van der Waals surface area contributed by atoms with E-state index in [1.807, 2.05) is 6.92 Å². The lowest BCUT2D eigenvalue weighted by Crippen LogP contribution is -2.47. The van der Waals surface area contributed by atoms with Crippen LogP contribution in [0.25, 0.3) is 0 Å². The summed E-state index contributed by atoms with van der Waals surface area (Å²) in [6, 6.07) is 1.70. The summed E-state index contributed by atoms with van der Waals surface area (Å²) in [7, 11) is -1.42. The summed E-state index contributed by atoms with van der Waals surface area (Å²) in [6.07, 6.45) is 3.13. The van der Waals surface area contributed by atoms with Crippen molar-refractivity contribution in [1.29, 1.82) is 0 Å². The molecular weight excluding hydrogens is 348 g/mol. The van der Waals surface area contributed by atoms with Gasteiger partial charge < -0.3 is 15.4 Å². The van der Waals surface area contributed by atoms with E-state index in [-0.39, 0.29) is 17.1 Å². The second-order valence-corrected chi connectivity index (χ2v) is 10.0. The van der Waals surface area contributed by atoms with Crippen LogP contribution in [-0.2, 0) is 20.3 Å². The first-order chi connectivity index (χ1) is 11.2. The van der Waals surface area contributed by atoms with Crippen molar-refractivity contribution in [2.45, 2.75) is 25.5 Å². The summed E-state index contributed by atoms with van der Waals surface area (Å²) >= 11 is 1.34. The van der Waals surface area contributed by atoms with Crippen LogP contribution in [0.1, 0.15) is 33.0 Å². The predicted octanol–water partition coefficient (Wildman–Crippen LogP) is 1.35. The van der Waals surface area contributed by atoms with Gasteiger partial charge in [0.15, 0.2) is 9.84 Å². The average Bonchev–Trinajstić information content (AvgIpc) is 2.85. The first-order valence-electron chi connectivity index (χ1n) is 8.00. The number of hydrogen-bond acceptors (Lipinski definition) is 6. The highest BCUT2D eigenvalue weighted by molar-refractivity contribution is 7.89. The Balaban J connectivity index is 2.02. The number of carbonyl (C=O) groups excluding carboxylic acids is 1. The van der Waals surface area contributed by atoms with Gasteiger partial charge in [-0.2, -0.15) is 0 Å². The highest BCUT2D eigenvalue weighted by Gasteiger charge is 2.32. The molecular formula is C16H26N2O4S2. The molecule has 2 heterocycles. The van der Waals surface area contributed by atoms with E-state index in [4.69, 9.17) is 4.74 Å². The normalized spacial score (nSPS) is 17.6. The number of ether oxygens (including phenoxy) is 1. The number of thiophene rings is 1. The molecule has 0 saturated carbocycles. The predicted molar refractivity (Wildman–Crippen MR) is 96.3 cm³/mol. The third-order valence-electron chi connectivity index (χ3n) is 4.40. The lowest BCUT2D eigenvalue weighted by Gasteiger charge is -2.37. The standard InChI is InChI=1S/C16H26N2O4S2/c1-12-13(9-24(3,20)21)8-14(23-12)15(19)18-10-16(11-22-2)4-6-17-7-5-16/h8,17H,4-7,9-11H2,1-3H3,(H,18,19). The molecule has 1 aliphatic rings. The minimum absolute atomic E-state index is 0.0259. The van der Waals surface area contributed by atoms with E-state index >= 15 is 0 Å². The lowest BCUT2D eigenvalue weighted by molar-refractivity contribution is 0.0512. The zero-order valence-corrected chi connectivity index (χ0v) is 16.1. The third-order valence-corrected chi connectivity index (χ3v) is 6.33. The molecule has 1 aromatic heterocycles. The number of aryl methyl sites for hydroxylation is 1. The Morgan fingerprint density at radius 3 is 2.67 bits per heavy atom. The minimum atomic E-state index is -3.11. The van der Waals surface area contributed by atoms with Crippen LogP contribution in [0.5, 0.6) is 0 Å². The summed E-state index contributed by atoms with van der Waals surface area (Å²) in [5.74, 6) is -0.168. The molecule has 1 amide bonds. The van der Waals surface area contributed by atoms with Crippen LogP contribution in [0.15, 0.2) is 6.07 Å². The highest BCUT2D eigenvalue weighted by Crippen LogP contribution is 2.29. The number of methoxy groups -OCH3 is 1. The van der Waals surface area contributed by atoms with Crippen molar-refractivity contribution in [3.63, 3.8) is 0 Å². The average molecular weight is 375 g/mol. The van der Waals surface area contributed by atoms with E-state index in [2.05, 4.69) is 10.6 Å². The molecule has 6 nitrogen and oxygen atoms in total. The molecule has 0 atom stereocenters. The number of rotatable bonds is 7. The van der Waals surface area contributed by atoms with Crippen molar-refractivity contribution >= 4 is 27.1 Å². The maximum Gasteiger partial charge on any atom is 0.261 e. The van der Waals surface area contributed by atoms with Crippen LogP contribution in [-0.4, -0.2) is 53.9 Å². The largest absolute Gasteiger partial charge is 0.384 e. The lowest BCUT2D eigenvalue weighted by atomic mass is 9.79. The van der Waals surface area contributed by atoms with Crippen LogP contribution < -0.4 is 10.6 Å². The molecule has 0 radical (unpaired) electrons. The third kappa shape index (κ3) is 5.27. The molecule has 2 N–H and O–H groups in total. The van der Waals surface area contributed by atoms with Gasteiger partial charge >= 0.3 is 0 Å². The molecule has 0 unspecified atom stereocenters. The van der Waals surface area contributed by atoms with E-state index in [0.717, 1.165) is 30.8 Å². The summed E-state index contributed by atoms with van der Waals surface area (Å²) in [4.78, 5) is 13.9. The van der Waals surface area contributed by atoms with E-state index in [1.165, 1.54) is 17.6 Å². The maximum atomic E-state index is 12.5. The van der Waals surface area contributed by atoms with Crippen molar-refractivity contribution in [2.75, 3.05) is 39.6 Å². The molecule has 1 saturated heterocycles. The molecule has 0 bridgehead atoms. The quantitative estimate of drug-likeness (QED) is 0.753. The molecule has 136 valence electrons. The van der Waals surface area contributed by atoms with Gasteiger partial charge in [-0.25, -0.2) is 8.42 Å². The van der Waals surface area contributed by atoms with Crippen molar-refractivity contribution in [1.82, 2.24) is 10.6 Å². The Kier molecular flexibility index (Phi) is 6.41. The summed E-state index contributed by atoms with van der Waals surface area (Å²) < 4.78 is 28.3. The molecule has 2 rings (SSSR count). The Labute approximate surface area is 147 Å². The van der Waals surface area contributed by atoms with E-state index < -0.39 is 9.84 Å².